The number of Topliss-reactive ketones (excluding diaryl/α,β-unsaturated/α-hetero) is 2. The molecule has 18 heteroatoms. The van der Waals surface area contributed by atoms with E-state index >= 15 is 35.9 Å². The van der Waals surface area contributed by atoms with E-state index in [4.69, 9.17) is 23.0 Å². The van der Waals surface area contributed by atoms with Crippen molar-refractivity contribution in [1.29, 1.82) is 0 Å². The number of halogens is 6. The molecule has 92 heavy (non-hydrogen) atoms. The Kier molecular flexibility index (Phi) is 19.3. The summed E-state index contributed by atoms with van der Waals surface area (Å²) in [6, 6.07) is 64.8. The molecule has 2 fully saturated rings. The Hall–Kier alpha value is -8.52. The van der Waals surface area contributed by atoms with Gasteiger partial charge in [-0.25, -0.2) is 0 Å². The average molecular weight is 1290 g/mol. The van der Waals surface area contributed by atoms with Crippen LogP contribution >= 0.6 is 13.7 Å². The van der Waals surface area contributed by atoms with E-state index in [2.05, 4.69) is 0 Å². The number of ketones is 2. The summed E-state index contributed by atoms with van der Waals surface area (Å²) in [5, 5.41) is 2.12. The maximum absolute atomic E-state index is 16.2. The first-order chi connectivity index (χ1) is 44.4. The molecule has 9 aromatic rings. The molecule has 0 atom stereocenters. The molecule has 9 aromatic carbocycles. The predicted molar refractivity (Wildman–Crippen MR) is 351 cm³/mol. The summed E-state index contributed by atoms with van der Waals surface area (Å²) in [6.07, 6.45) is -3.68. The fraction of sp³-hybridized carbons (Fsp3) is 0.216. The third kappa shape index (κ3) is 13.3. The van der Waals surface area contributed by atoms with Gasteiger partial charge in [-0.15, -0.1) is 0 Å². The number of carbonyl (C=O) groups is 4. The summed E-state index contributed by atoms with van der Waals surface area (Å²) in [6.45, 7) is -11.0. The Morgan fingerprint density at radius 3 is 0.880 bits per heavy atom. The molecular formula is C74H67BF6O9P2. The zero-order chi connectivity index (χ0) is 64.5. The Bertz CT molecular complexity index is 3550. The van der Waals surface area contributed by atoms with Crippen LogP contribution in [0.5, 0.6) is 5.75 Å². The Labute approximate surface area is 531 Å². The second-order valence-electron chi connectivity index (χ2n) is 23.4. The SMILES string of the molecule is O=C(CP(OB(Oc1cc(C(F)(F)F)cc(C(F)(F)F)c1)OP(CC(=O)c1ccc(C(=O)OC2CCCCC2)cc1)(c1ccccc1)(c1ccccc1)c1ccccc1)(c1ccccc1)(c1ccccc1)c1ccccc1)c1ccc(C(=O)OC2CCCCC2)cc1. The van der Waals surface area contributed by atoms with E-state index in [0.29, 0.717) is 44.0 Å². The Morgan fingerprint density at radius 2 is 0.620 bits per heavy atom. The van der Waals surface area contributed by atoms with Crippen LogP contribution in [0.15, 0.2) is 249 Å². The van der Waals surface area contributed by atoms with Crippen LogP contribution in [-0.2, 0) is 30.7 Å². The standard InChI is InChI=1S/C74H67BF6O9P2/c76-73(77,78)58-49-59(74(79,80)81)51-62(50-58)88-75(89-91(63-29-13-3-14-30-63,64-31-15-4-16-32-64,65-33-17-5-18-34-65)52-69(82)54-41-45-56(46-42-54)71(84)86-60-25-9-1-10-26-60)90-92(66-35-19-6-20-36-66,67-37-21-7-22-38-67,68-39-23-8-24-40-68)53-70(83)55-43-47-57(48-44-55)72(85)87-61-27-11-2-12-28-61/h3-8,13-24,29-51,60-61H,1-2,9-12,25-28,52-53H2. The summed E-state index contributed by atoms with van der Waals surface area (Å²) in [7, 11) is -2.49. The van der Waals surface area contributed by atoms with Gasteiger partial charge in [0.25, 0.3) is 0 Å². The summed E-state index contributed by atoms with van der Waals surface area (Å²) in [5.41, 5.74) is -2.78. The van der Waals surface area contributed by atoms with Gasteiger partial charge in [0, 0.05) is 0 Å². The second-order valence-corrected chi connectivity index (χ2v) is 32.4. The molecule has 2 aliphatic carbocycles. The van der Waals surface area contributed by atoms with Gasteiger partial charge in [-0.2, -0.15) is 0 Å². The predicted octanol–water partition coefficient (Wildman–Crippen LogP) is 15.8. The molecular weight excluding hydrogens is 1220 g/mol. The molecule has 0 amide bonds. The van der Waals surface area contributed by atoms with Gasteiger partial charge in [-0.1, -0.05) is 0 Å². The maximum atomic E-state index is 16.2. The quantitative estimate of drug-likeness (QED) is 0.0215. The van der Waals surface area contributed by atoms with E-state index in [1.807, 2.05) is 0 Å². The van der Waals surface area contributed by atoms with E-state index in [-0.39, 0.29) is 40.5 Å². The first-order valence-corrected chi connectivity index (χ1v) is 35.4. The van der Waals surface area contributed by atoms with Crippen molar-refractivity contribution in [2.24, 2.45) is 0 Å². The van der Waals surface area contributed by atoms with Crippen LogP contribution in [0.3, 0.4) is 0 Å². The summed E-state index contributed by atoms with van der Waals surface area (Å²) >= 11 is 0. The first-order valence-electron chi connectivity index (χ1n) is 30.8. The fourth-order valence-electron chi connectivity index (χ4n) is 13.0. The molecule has 0 aromatic heterocycles. The van der Waals surface area contributed by atoms with Crippen molar-refractivity contribution < 1.29 is 68.5 Å². The van der Waals surface area contributed by atoms with Crippen LogP contribution in [0.25, 0.3) is 0 Å². The van der Waals surface area contributed by atoms with Crippen molar-refractivity contribution in [2.75, 3.05) is 12.3 Å². The zero-order valence-electron chi connectivity index (χ0n) is 50.2. The molecule has 0 N–H and O–H groups in total. The van der Waals surface area contributed by atoms with Gasteiger partial charge < -0.3 is 0 Å². The second kappa shape index (κ2) is 27.4. The Balaban J connectivity index is 1.19. The van der Waals surface area contributed by atoms with Crippen LogP contribution in [-0.4, -0.2) is 55.4 Å². The summed E-state index contributed by atoms with van der Waals surface area (Å²) in [4.78, 5) is 59.6. The van der Waals surface area contributed by atoms with Gasteiger partial charge in [0.2, 0.25) is 0 Å². The van der Waals surface area contributed by atoms with Crippen LogP contribution in [0.4, 0.5) is 26.3 Å². The van der Waals surface area contributed by atoms with Crippen molar-refractivity contribution in [1.82, 2.24) is 0 Å². The number of hydrogen-bond donors (Lipinski definition) is 0. The van der Waals surface area contributed by atoms with Crippen molar-refractivity contribution in [3.63, 3.8) is 0 Å². The molecule has 2 saturated carbocycles. The van der Waals surface area contributed by atoms with E-state index in [9.17, 15) is 9.59 Å². The molecule has 0 heterocycles. The first kappa shape index (κ1) is 65.0. The molecule has 472 valence electrons. The van der Waals surface area contributed by atoms with Crippen molar-refractivity contribution in [3.8, 4) is 5.75 Å². The number of alkyl halides is 6. The van der Waals surface area contributed by atoms with Crippen LogP contribution in [0.1, 0.15) is 117 Å². The number of hydrogen-bond acceptors (Lipinski definition) is 9. The molecule has 0 spiro atoms. The van der Waals surface area contributed by atoms with Crippen molar-refractivity contribution in [2.45, 2.75) is 88.8 Å². The fourth-order valence-corrected chi connectivity index (χ4v) is 24.1. The van der Waals surface area contributed by atoms with E-state index in [0.717, 1.165) is 64.2 Å². The minimum atomic E-state index is -5.49. The van der Waals surface area contributed by atoms with Gasteiger partial charge in [-0.05, 0) is 0 Å². The van der Waals surface area contributed by atoms with Gasteiger partial charge in [-0.3, -0.25) is 0 Å². The number of benzene rings is 9. The van der Waals surface area contributed by atoms with Gasteiger partial charge in [0.1, 0.15) is 0 Å². The van der Waals surface area contributed by atoms with Gasteiger partial charge >= 0.3 is 534 Å². The van der Waals surface area contributed by atoms with Crippen LogP contribution in [0, 0.1) is 0 Å². The topological polar surface area (TPSA) is 114 Å². The van der Waals surface area contributed by atoms with Crippen molar-refractivity contribution in [3.05, 3.63) is 282 Å². The van der Waals surface area contributed by atoms with Crippen molar-refractivity contribution >= 4 is 76.3 Å². The zero-order valence-corrected chi connectivity index (χ0v) is 52.0. The number of carbonyl (C=O) groups excluding carboxylic acids is 4. The van der Waals surface area contributed by atoms with E-state index in [1.165, 1.54) is 48.5 Å². The van der Waals surface area contributed by atoms with E-state index < -0.39 is 86.0 Å². The Morgan fingerprint density at radius 1 is 0.359 bits per heavy atom. The van der Waals surface area contributed by atoms with Gasteiger partial charge in [0.05, 0.1) is 0 Å². The summed E-state index contributed by atoms with van der Waals surface area (Å²) < 4.78 is 126. The molecule has 11 rings (SSSR count). The van der Waals surface area contributed by atoms with E-state index in [1.54, 1.807) is 182 Å². The normalized spacial score (nSPS) is 15.2. The van der Waals surface area contributed by atoms with Crippen LogP contribution < -0.4 is 36.5 Å². The monoisotopic (exact) mass is 1290 g/mol. The third-order valence-electron chi connectivity index (χ3n) is 17.7. The molecule has 0 radical (unpaired) electrons. The van der Waals surface area contributed by atoms with Gasteiger partial charge in [0.15, 0.2) is 0 Å². The molecule has 2 aliphatic rings. The number of esters is 2. The number of ether oxygens (including phenoxy) is 2. The molecule has 9 nitrogen and oxygen atoms in total. The third-order valence-corrected chi connectivity index (χ3v) is 29.1. The minimum absolute atomic E-state index is 0.0152. The molecule has 0 unspecified atom stereocenters. The molecule has 0 bridgehead atoms. The summed E-state index contributed by atoms with van der Waals surface area (Å²) in [5.74, 6) is -3.22. The molecule has 0 saturated heterocycles. The number of rotatable bonds is 22. The van der Waals surface area contributed by atoms with Crippen LogP contribution in [0.2, 0.25) is 0 Å². The average Bonchev–Trinajstić information content (AvgIpc) is 0.689. The molecule has 0 aliphatic heterocycles.